The van der Waals surface area contributed by atoms with Crippen LogP contribution in [0.5, 0.6) is 0 Å². The predicted molar refractivity (Wildman–Crippen MR) is 76.9 cm³/mol. The molecule has 5 nitrogen and oxygen atoms in total. The van der Waals surface area contributed by atoms with E-state index in [0.29, 0.717) is 12.5 Å². The van der Waals surface area contributed by atoms with Crippen LogP contribution >= 0.6 is 0 Å². The Labute approximate surface area is 116 Å². The van der Waals surface area contributed by atoms with E-state index < -0.39 is 0 Å². The largest absolute Gasteiger partial charge is 0.342 e. The summed E-state index contributed by atoms with van der Waals surface area (Å²) in [5, 5.41) is 3.18. The smallest absolute Gasteiger partial charge is 0.236 e. The molecule has 1 radical (unpaired) electrons. The zero-order valence-corrected chi connectivity index (χ0v) is 12.1. The molecule has 19 heavy (non-hydrogen) atoms. The summed E-state index contributed by atoms with van der Waals surface area (Å²) in [5.74, 6) is 0.316. The molecule has 0 aromatic rings. The van der Waals surface area contributed by atoms with Gasteiger partial charge in [0, 0.05) is 52.4 Å². The average molecular weight is 267 g/mol. The van der Waals surface area contributed by atoms with E-state index in [1.807, 2.05) is 11.9 Å². The first-order valence-electron chi connectivity index (χ1n) is 7.48. The van der Waals surface area contributed by atoms with Gasteiger partial charge in [-0.25, -0.2) is 0 Å². The van der Waals surface area contributed by atoms with Gasteiger partial charge in [0.25, 0.3) is 0 Å². The molecule has 0 bridgehead atoms. The summed E-state index contributed by atoms with van der Waals surface area (Å²) >= 11 is 0. The maximum Gasteiger partial charge on any atom is 0.236 e. The topological polar surface area (TPSA) is 38.8 Å². The predicted octanol–water partition coefficient (Wildman–Crippen LogP) is -0.350. The Morgan fingerprint density at radius 1 is 1.05 bits per heavy atom. The molecule has 2 aliphatic rings. The third-order valence-electron chi connectivity index (χ3n) is 4.06. The standard InChI is InChI=1S/C14H27N4O/c1-15-5-8-16-9-11-17(12-10-16)13-14(19)18-6-3-2-4-7-18/h2,15H,3-13H2,1H3. The first-order chi connectivity index (χ1) is 9.29. The first kappa shape index (κ1) is 14.8. The molecule has 2 fully saturated rings. The second-order valence-corrected chi connectivity index (χ2v) is 5.47. The third-order valence-corrected chi connectivity index (χ3v) is 4.06. The number of rotatable bonds is 5. The highest BCUT2D eigenvalue weighted by Gasteiger charge is 2.22. The van der Waals surface area contributed by atoms with Crippen molar-refractivity contribution in [2.75, 3.05) is 66.0 Å². The van der Waals surface area contributed by atoms with Gasteiger partial charge in [-0.3, -0.25) is 14.6 Å². The Kier molecular flexibility index (Phi) is 6.07. The Balaban J connectivity index is 1.65. The molecule has 0 aromatic heterocycles. The lowest BCUT2D eigenvalue weighted by Crippen LogP contribution is -2.51. The number of nitrogens with zero attached hydrogens (tertiary/aromatic N) is 3. The maximum atomic E-state index is 12.2. The van der Waals surface area contributed by atoms with E-state index in [-0.39, 0.29) is 0 Å². The summed E-state index contributed by atoms with van der Waals surface area (Å²) in [6, 6.07) is 0. The Morgan fingerprint density at radius 2 is 1.68 bits per heavy atom. The molecule has 5 heteroatoms. The number of piperidine rings is 1. The number of piperazine rings is 1. The minimum atomic E-state index is 0.316. The molecule has 0 unspecified atom stereocenters. The van der Waals surface area contributed by atoms with Crippen LogP contribution in [-0.4, -0.2) is 86.6 Å². The molecule has 0 aromatic carbocycles. The van der Waals surface area contributed by atoms with Crippen molar-refractivity contribution in [1.29, 1.82) is 0 Å². The molecule has 0 spiro atoms. The molecule has 0 atom stereocenters. The fraction of sp³-hybridized carbons (Fsp3) is 0.857. The monoisotopic (exact) mass is 267 g/mol. The fourth-order valence-electron chi connectivity index (χ4n) is 2.73. The molecule has 1 N–H and O–H groups in total. The van der Waals surface area contributed by atoms with E-state index in [2.05, 4.69) is 21.5 Å². The lowest BCUT2D eigenvalue weighted by atomic mass is 10.1. The number of likely N-dealkylation sites (tertiary alicyclic amines) is 1. The number of carbonyl (C=O) groups is 1. The van der Waals surface area contributed by atoms with Gasteiger partial charge in [0.2, 0.25) is 5.91 Å². The highest BCUT2D eigenvalue weighted by molar-refractivity contribution is 5.78. The summed E-state index contributed by atoms with van der Waals surface area (Å²) in [4.78, 5) is 19.0. The van der Waals surface area contributed by atoms with Crippen LogP contribution in [0.15, 0.2) is 0 Å². The van der Waals surface area contributed by atoms with E-state index >= 15 is 0 Å². The van der Waals surface area contributed by atoms with E-state index in [9.17, 15) is 4.79 Å². The number of hydrogen-bond donors (Lipinski definition) is 1. The Hall–Kier alpha value is -0.650. The summed E-state index contributed by atoms with van der Waals surface area (Å²) in [6.45, 7) is 8.82. The van der Waals surface area contributed by atoms with Crippen LogP contribution in [0.25, 0.3) is 0 Å². The van der Waals surface area contributed by atoms with Crippen molar-refractivity contribution in [3.63, 3.8) is 0 Å². The van der Waals surface area contributed by atoms with Gasteiger partial charge in [-0.05, 0) is 26.3 Å². The molecule has 2 aliphatic heterocycles. The third kappa shape index (κ3) is 4.75. The van der Waals surface area contributed by atoms with Crippen LogP contribution in [-0.2, 0) is 4.79 Å². The molecule has 1 amide bonds. The lowest BCUT2D eigenvalue weighted by Gasteiger charge is -2.36. The lowest BCUT2D eigenvalue weighted by molar-refractivity contribution is -0.133. The minimum absolute atomic E-state index is 0.316. The number of likely N-dealkylation sites (N-methyl/N-ethyl adjacent to an activating group) is 1. The summed E-state index contributed by atoms with van der Waals surface area (Å²) in [7, 11) is 1.99. The van der Waals surface area contributed by atoms with Crippen molar-refractivity contribution in [2.45, 2.75) is 12.8 Å². The second kappa shape index (κ2) is 7.82. The van der Waals surface area contributed by atoms with Gasteiger partial charge in [0.15, 0.2) is 0 Å². The van der Waals surface area contributed by atoms with Crippen LogP contribution in [0.3, 0.4) is 0 Å². The van der Waals surface area contributed by atoms with E-state index in [1.54, 1.807) is 0 Å². The zero-order valence-electron chi connectivity index (χ0n) is 12.1. The van der Waals surface area contributed by atoms with Crippen molar-refractivity contribution in [1.82, 2.24) is 20.0 Å². The average Bonchev–Trinajstić information content (AvgIpc) is 2.47. The molecule has 2 heterocycles. The quantitative estimate of drug-likeness (QED) is 0.739. The van der Waals surface area contributed by atoms with Crippen molar-refractivity contribution in [3.8, 4) is 0 Å². The van der Waals surface area contributed by atoms with Crippen LogP contribution < -0.4 is 5.32 Å². The molecular formula is C14H27N4O. The summed E-state index contributed by atoms with van der Waals surface area (Å²) in [6.07, 6.45) is 4.40. The molecule has 2 rings (SSSR count). The fourth-order valence-corrected chi connectivity index (χ4v) is 2.73. The molecule has 2 saturated heterocycles. The van der Waals surface area contributed by atoms with Crippen molar-refractivity contribution >= 4 is 5.91 Å². The molecular weight excluding hydrogens is 240 g/mol. The first-order valence-corrected chi connectivity index (χ1v) is 7.48. The van der Waals surface area contributed by atoms with Crippen molar-refractivity contribution in [3.05, 3.63) is 6.42 Å². The van der Waals surface area contributed by atoms with E-state index in [1.165, 1.54) is 0 Å². The van der Waals surface area contributed by atoms with Crippen LogP contribution in [0.4, 0.5) is 0 Å². The molecule has 109 valence electrons. The molecule has 0 saturated carbocycles. The number of amides is 1. The van der Waals surface area contributed by atoms with Crippen molar-refractivity contribution in [2.24, 2.45) is 0 Å². The van der Waals surface area contributed by atoms with Gasteiger partial charge >= 0.3 is 0 Å². The minimum Gasteiger partial charge on any atom is -0.342 e. The van der Waals surface area contributed by atoms with Gasteiger partial charge < -0.3 is 10.2 Å². The van der Waals surface area contributed by atoms with Gasteiger partial charge in [-0.1, -0.05) is 0 Å². The van der Waals surface area contributed by atoms with Crippen LogP contribution in [0.1, 0.15) is 12.8 Å². The summed E-state index contributed by atoms with van der Waals surface area (Å²) in [5.41, 5.74) is 0. The maximum absolute atomic E-state index is 12.2. The van der Waals surface area contributed by atoms with Crippen molar-refractivity contribution < 1.29 is 4.79 Å². The normalized spacial score (nSPS) is 22.7. The Morgan fingerprint density at radius 3 is 2.32 bits per heavy atom. The van der Waals surface area contributed by atoms with Gasteiger partial charge in [0.05, 0.1) is 6.54 Å². The number of hydrogen-bond acceptors (Lipinski definition) is 4. The number of nitrogens with one attached hydrogen (secondary N) is 1. The van der Waals surface area contributed by atoms with E-state index in [4.69, 9.17) is 0 Å². The SMILES string of the molecule is CNCCN1CCN(CC(=O)N2CC[CH]CC2)CC1. The van der Waals surface area contributed by atoms with Crippen LogP contribution in [0.2, 0.25) is 0 Å². The highest BCUT2D eigenvalue weighted by Crippen LogP contribution is 2.09. The summed E-state index contributed by atoms with van der Waals surface area (Å²) < 4.78 is 0. The van der Waals surface area contributed by atoms with Gasteiger partial charge in [0.1, 0.15) is 0 Å². The zero-order chi connectivity index (χ0) is 13.5. The van der Waals surface area contributed by atoms with Crippen LogP contribution in [0, 0.1) is 6.42 Å². The molecule has 0 aliphatic carbocycles. The highest BCUT2D eigenvalue weighted by atomic mass is 16.2. The van der Waals surface area contributed by atoms with Gasteiger partial charge in [-0.15, -0.1) is 0 Å². The second-order valence-electron chi connectivity index (χ2n) is 5.47. The van der Waals surface area contributed by atoms with Gasteiger partial charge in [-0.2, -0.15) is 0 Å². The van der Waals surface area contributed by atoms with E-state index in [0.717, 1.165) is 65.2 Å². The Bertz CT molecular complexity index is 271. The number of carbonyl (C=O) groups excluding carboxylic acids is 1.